The van der Waals surface area contributed by atoms with Gasteiger partial charge in [-0.15, -0.1) is 0 Å². The van der Waals surface area contributed by atoms with E-state index in [0.717, 1.165) is 43.0 Å². The van der Waals surface area contributed by atoms with Crippen molar-refractivity contribution in [1.82, 2.24) is 0 Å². The van der Waals surface area contributed by atoms with Crippen molar-refractivity contribution in [3.63, 3.8) is 0 Å². The predicted molar refractivity (Wildman–Crippen MR) is 216 cm³/mol. The van der Waals surface area contributed by atoms with Crippen LogP contribution in [0.2, 0.25) is 0 Å². The highest BCUT2D eigenvalue weighted by atomic mass is 31.2. The molecule has 0 heterocycles. The fraction of sp³-hybridized carbons (Fsp3) is 0. The van der Waals surface area contributed by atoms with Crippen LogP contribution in [0.4, 0.5) is 0 Å². The van der Waals surface area contributed by atoms with Gasteiger partial charge in [-0.1, -0.05) is 170 Å². The van der Waals surface area contributed by atoms with Gasteiger partial charge < -0.3 is 4.57 Å². The molecule has 0 unspecified atom stereocenters. The zero-order valence-electron chi connectivity index (χ0n) is 27.3. The smallest absolute Gasteiger partial charge is 0.171 e. The molecular formula is C48H31OP. The summed E-state index contributed by atoms with van der Waals surface area (Å²) in [5.41, 5.74) is 2.32. The second kappa shape index (κ2) is 11.3. The molecule has 0 fully saturated rings. The first-order valence-corrected chi connectivity index (χ1v) is 18.8. The quantitative estimate of drug-likeness (QED) is 0.105. The fourth-order valence-corrected chi connectivity index (χ4v) is 10.7. The Hall–Kier alpha value is -6.01. The lowest BCUT2D eigenvalue weighted by atomic mass is 9.86. The Bertz CT molecular complexity index is 2930. The Morgan fingerprint density at radius 3 is 1.30 bits per heavy atom. The molecule has 10 aromatic rings. The van der Waals surface area contributed by atoms with Crippen molar-refractivity contribution in [1.29, 1.82) is 0 Å². The first kappa shape index (κ1) is 29.0. The lowest BCUT2D eigenvalue weighted by Crippen LogP contribution is -2.25. The van der Waals surface area contributed by atoms with Gasteiger partial charge in [0.15, 0.2) is 7.14 Å². The minimum Gasteiger partial charge on any atom is -0.309 e. The van der Waals surface area contributed by atoms with E-state index in [9.17, 15) is 0 Å². The zero-order valence-corrected chi connectivity index (χ0v) is 28.1. The summed E-state index contributed by atoms with van der Waals surface area (Å²) < 4.78 is 15.9. The van der Waals surface area contributed by atoms with Crippen LogP contribution in [-0.4, -0.2) is 0 Å². The van der Waals surface area contributed by atoms with E-state index in [1.807, 2.05) is 24.3 Å². The van der Waals surface area contributed by atoms with Crippen molar-refractivity contribution in [2.45, 2.75) is 0 Å². The van der Waals surface area contributed by atoms with E-state index in [1.165, 1.54) is 48.7 Å². The summed E-state index contributed by atoms with van der Waals surface area (Å²) in [7, 11) is -3.26. The van der Waals surface area contributed by atoms with Crippen LogP contribution in [0.1, 0.15) is 0 Å². The molecule has 234 valence electrons. The topological polar surface area (TPSA) is 17.1 Å². The van der Waals surface area contributed by atoms with E-state index in [-0.39, 0.29) is 0 Å². The van der Waals surface area contributed by atoms with Crippen molar-refractivity contribution in [3.05, 3.63) is 188 Å². The van der Waals surface area contributed by atoms with Crippen LogP contribution in [-0.2, 0) is 4.57 Å². The Balaban J connectivity index is 1.24. The number of hydrogen-bond donors (Lipinski definition) is 0. The van der Waals surface area contributed by atoms with Gasteiger partial charge in [0.1, 0.15) is 0 Å². The van der Waals surface area contributed by atoms with E-state index >= 15 is 4.57 Å². The Kier molecular flexibility index (Phi) is 6.53. The summed E-state index contributed by atoms with van der Waals surface area (Å²) in [4.78, 5) is 0. The van der Waals surface area contributed by atoms with Gasteiger partial charge in [0.25, 0.3) is 0 Å². The van der Waals surface area contributed by atoms with Crippen molar-refractivity contribution in [3.8, 4) is 11.1 Å². The number of hydrogen-bond acceptors (Lipinski definition) is 1. The second-order valence-electron chi connectivity index (χ2n) is 13.2. The molecule has 2 heteroatoms. The normalized spacial score (nSPS) is 12.1. The highest BCUT2D eigenvalue weighted by Gasteiger charge is 2.30. The van der Waals surface area contributed by atoms with E-state index in [0.29, 0.717) is 0 Å². The highest BCUT2D eigenvalue weighted by Crippen LogP contribution is 2.46. The molecular weight excluding hydrogens is 624 g/mol. The zero-order chi connectivity index (χ0) is 33.2. The molecule has 0 amide bonds. The Morgan fingerprint density at radius 1 is 0.300 bits per heavy atom. The van der Waals surface area contributed by atoms with Crippen LogP contribution in [0.15, 0.2) is 188 Å². The van der Waals surface area contributed by atoms with Crippen molar-refractivity contribution >= 4 is 87.7 Å². The summed E-state index contributed by atoms with van der Waals surface area (Å²) in [5.74, 6) is 0. The molecule has 0 aromatic heterocycles. The third-order valence-electron chi connectivity index (χ3n) is 10.5. The molecule has 0 N–H and O–H groups in total. The monoisotopic (exact) mass is 654 g/mol. The molecule has 0 aliphatic carbocycles. The largest absolute Gasteiger partial charge is 0.309 e. The average molecular weight is 655 g/mol. The number of fused-ring (bicyclic) bond motifs is 9. The molecule has 0 bridgehead atoms. The van der Waals surface area contributed by atoms with Crippen LogP contribution in [0.5, 0.6) is 0 Å². The Morgan fingerprint density at radius 2 is 0.720 bits per heavy atom. The van der Waals surface area contributed by atoms with Crippen LogP contribution < -0.4 is 15.9 Å². The van der Waals surface area contributed by atoms with Gasteiger partial charge >= 0.3 is 0 Å². The first-order chi connectivity index (χ1) is 24.7. The summed E-state index contributed by atoms with van der Waals surface area (Å²) in [6.07, 6.45) is 0. The standard InChI is InChI=1S/C48H31OP/c49-50(39-27-21-32-11-1-3-13-35(32)29-39,40-28-22-33-12-2-4-14-36(33)30-40)38-25-23-34(24-26-38)47-41-16-6-5-15-37(41)31-46-44-19-8-7-17-42(44)43-18-9-10-20-45(43)48(46)47/h1-31H. The van der Waals surface area contributed by atoms with Gasteiger partial charge in [-0.25, -0.2) is 0 Å². The van der Waals surface area contributed by atoms with Gasteiger partial charge in [-0.2, -0.15) is 0 Å². The Labute approximate surface area is 290 Å². The van der Waals surface area contributed by atoms with Crippen molar-refractivity contribution < 1.29 is 4.57 Å². The number of rotatable bonds is 4. The number of benzene rings is 10. The third kappa shape index (κ3) is 4.37. The summed E-state index contributed by atoms with van der Waals surface area (Å²) in [6, 6.07) is 66.3. The van der Waals surface area contributed by atoms with E-state index < -0.39 is 7.14 Å². The molecule has 0 aliphatic heterocycles. The molecule has 0 radical (unpaired) electrons. The van der Waals surface area contributed by atoms with E-state index in [4.69, 9.17) is 0 Å². The van der Waals surface area contributed by atoms with Gasteiger partial charge in [-0.05, 0) is 94.0 Å². The first-order valence-electron chi connectivity index (χ1n) is 17.1. The molecule has 0 spiro atoms. The summed E-state index contributed by atoms with van der Waals surface area (Å²) in [5, 5.41) is 16.9. The fourth-order valence-electron chi connectivity index (χ4n) is 8.06. The molecule has 10 rings (SSSR count). The van der Waals surface area contributed by atoms with Crippen LogP contribution >= 0.6 is 7.14 Å². The lowest BCUT2D eigenvalue weighted by molar-refractivity contribution is 0.592. The van der Waals surface area contributed by atoms with Gasteiger partial charge in [-0.3, -0.25) is 0 Å². The maximum absolute atomic E-state index is 15.9. The van der Waals surface area contributed by atoms with Crippen LogP contribution in [0, 0.1) is 0 Å². The third-order valence-corrected chi connectivity index (χ3v) is 13.5. The van der Waals surface area contributed by atoms with Crippen LogP contribution in [0.25, 0.3) is 75.8 Å². The summed E-state index contributed by atoms with van der Waals surface area (Å²) in [6.45, 7) is 0. The lowest BCUT2D eigenvalue weighted by Gasteiger charge is -2.22. The van der Waals surface area contributed by atoms with Crippen molar-refractivity contribution in [2.75, 3.05) is 0 Å². The van der Waals surface area contributed by atoms with Gasteiger partial charge in [0, 0.05) is 15.9 Å². The minimum atomic E-state index is -3.26. The van der Waals surface area contributed by atoms with Crippen molar-refractivity contribution in [2.24, 2.45) is 0 Å². The van der Waals surface area contributed by atoms with E-state index in [2.05, 4.69) is 164 Å². The highest BCUT2D eigenvalue weighted by molar-refractivity contribution is 7.85. The molecule has 50 heavy (non-hydrogen) atoms. The van der Waals surface area contributed by atoms with Gasteiger partial charge in [0.05, 0.1) is 0 Å². The minimum absolute atomic E-state index is 0.826. The SMILES string of the molecule is O=P(c1ccc(-c2c3ccccc3cc3c4ccccc4c4ccccc4c23)cc1)(c1ccc2ccccc2c1)c1ccc2ccccc2c1. The molecule has 0 saturated carbocycles. The maximum atomic E-state index is 15.9. The molecule has 0 aliphatic rings. The van der Waals surface area contributed by atoms with Crippen LogP contribution in [0.3, 0.4) is 0 Å². The predicted octanol–water partition coefficient (Wildman–Crippen LogP) is 11.9. The summed E-state index contributed by atoms with van der Waals surface area (Å²) >= 11 is 0. The molecule has 1 nitrogen and oxygen atoms in total. The van der Waals surface area contributed by atoms with E-state index in [1.54, 1.807) is 0 Å². The molecule has 0 atom stereocenters. The second-order valence-corrected chi connectivity index (χ2v) is 16.0. The molecule has 0 saturated heterocycles. The average Bonchev–Trinajstić information content (AvgIpc) is 3.19. The molecule has 10 aromatic carbocycles. The van der Waals surface area contributed by atoms with Gasteiger partial charge in [0.2, 0.25) is 0 Å². The maximum Gasteiger partial charge on any atom is 0.171 e.